The summed E-state index contributed by atoms with van der Waals surface area (Å²) in [5.41, 5.74) is 9.10. The van der Waals surface area contributed by atoms with Crippen LogP contribution >= 0.6 is 11.3 Å². The molecule has 34 heavy (non-hydrogen) atoms. The van der Waals surface area contributed by atoms with E-state index < -0.39 is 0 Å². The predicted octanol–water partition coefficient (Wildman–Crippen LogP) is 3.85. The van der Waals surface area contributed by atoms with Crippen LogP contribution in [0.2, 0.25) is 0 Å². The van der Waals surface area contributed by atoms with Gasteiger partial charge in [0.15, 0.2) is 0 Å². The van der Waals surface area contributed by atoms with E-state index in [1.807, 2.05) is 58.2 Å². The van der Waals surface area contributed by atoms with Crippen molar-refractivity contribution in [2.75, 3.05) is 19.3 Å². The number of aromatic nitrogens is 3. The molecule has 1 atom stereocenters. The number of hydrogen-bond donors (Lipinski definition) is 2. The average molecular weight is 475 g/mol. The molecule has 1 aromatic carbocycles. The normalized spacial score (nSPS) is 16.0. The lowest BCUT2D eigenvalue weighted by Gasteiger charge is -2.36. The summed E-state index contributed by atoms with van der Waals surface area (Å²) in [6, 6.07) is 13.3. The van der Waals surface area contributed by atoms with Crippen LogP contribution in [0.5, 0.6) is 0 Å². The van der Waals surface area contributed by atoms with Crippen LogP contribution in [0.3, 0.4) is 0 Å². The molecule has 1 saturated heterocycles. The van der Waals surface area contributed by atoms with E-state index >= 15 is 0 Å². The standard InChI is InChI=1S/C25H26N6O2S/c1-27-23(32)22-21(26)18-10-11-19(29-24(18)34-22)20-9-4-5-14-31(20)25(33)17-8-3-2-7-16(17)15-30-13-6-12-28-30/h2-3,6-8,10-13,20H,4-5,9,14-15,26H2,1H3,(H,27,32)/t20-/m0/s1. The monoisotopic (exact) mass is 474 g/mol. The molecule has 9 heteroatoms. The first-order valence-corrected chi connectivity index (χ1v) is 12.2. The number of nitrogens with two attached hydrogens (primary N) is 1. The number of nitrogens with zero attached hydrogens (tertiary/aromatic N) is 4. The van der Waals surface area contributed by atoms with E-state index in [9.17, 15) is 9.59 Å². The zero-order valence-electron chi connectivity index (χ0n) is 18.9. The zero-order valence-corrected chi connectivity index (χ0v) is 19.7. The van der Waals surface area contributed by atoms with Crippen LogP contribution in [0, 0.1) is 0 Å². The molecule has 0 bridgehead atoms. The minimum atomic E-state index is -0.217. The first kappa shape index (κ1) is 22.1. The zero-order chi connectivity index (χ0) is 23.7. The molecule has 4 heterocycles. The lowest BCUT2D eigenvalue weighted by Crippen LogP contribution is -2.39. The number of rotatable bonds is 5. The minimum absolute atomic E-state index is 0.00564. The first-order chi connectivity index (χ1) is 16.6. The Bertz CT molecular complexity index is 1350. The van der Waals surface area contributed by atoms with Gasteiger partial charge in [-0.15, -0.1) is 11.3 Å². The minimum Gasteiger partial charge on any atom is -0.397 e. The lowest BCUT2D eigenvalue weighted by atomic mass is 9.96. The number of amides is 2. The molecule has 2 amide bonds. The van der Waals surface area contributed by atoms with Gasteiger partial charge in [0, 0.05) is 36.9 Å². The van der Waals surface area contributed by atoms with Crippen molar-refractivity contribution in [2.45, 2.75) is 31.8 Å². The van der Waals surface area contributed by atoms with Gasteiger partial charge in [-0.25, -0.2) is 4.98 Å². The van der Waals surface area contributed by atoms with Gasteiger partial charge < -0.3 is 16.0 Å². The molecule has 0 unspecified atom stereocenters. The van der Waals surface area contributed by atoms with Gasteiger partial charge in [0.1, 0.15) is 9.71 Å². The van der Waals surface area contributed by atoms with Crippen LogP contribution < -0.4 is 11.1 Å². The summed E-state index contributed by atoms with van der Waals surface area (Å²) < 4.78 is 1.82. The van der Waals surface area contributed by atoms with Gasteiger partial charge in [0.05, 0.1) is 24.0 Å². The Hall–Kier alpha value is -3.72. The Morgan fingerprint density at radius 1 is 1.18 bits per heavy atom. The van der Waals surface area contributed by atoms with Crippen LogP contribution in [0.25, 0.3) is 10.2 Å². The number of likely N-dealkylation sites (tertiary alicyclic amines) is 1. The number of hydrogen-bond acceptors (Lipinski definition) is 6. The summed E-state index contributed by atoms with van der Waals surface area (Å²) >= 11 is 1.28. The fourth-order valence-electron chi connectivity index (χ4n) is 4.55. The van der Waals surface area contributed by atoms with Gasteiger partial charge in [0.2, 0.25) is 0 Å². The fraction of sp³-hybridized carbons (Fsp3) is 0.280. The summed E-state index contributed by atoms with van der Waals surface area (Å²) in [6.45, 7) is 1.21. The lowest BCUT2D eigenvalue weighted by molar-refractivity contribution is 0.0605. The molecule has 0 spiro atoms. The van der Waals surface area contributed by atoms with Gasteiger partial charge in [-0.3, -0.25) is 14.3 Å². The van der Waals surface area contributed by atoms with Gasteiger partial charge in [-0.1, -0.05) is 18.2 Å². The molecule has 1 aliphatic heterocycles. The molecule has 3 N–H and O–H groups in total. The van der Waals surface area contributed by atoms with Crippen molar-refractivity contribution >= 4 is 39.1 Å². The number of piperidine rings is 1. The second-order valence-corrected chi connectivity index (χ2v) is 9.38. The van der Waals surface area contributed by atoms with Gasteiger partial charge in [-0.05, 0) is 49.1 Å². The highest BCUT2D eigenvalue weighted by atomic mass is 32.1. The topological polar surface area (TPSA) is 106 Å². The molecule has 0 radical (unpaired) electrons. The number of carbonyl (C=O) groups is 2. The van der Waals surface area contributed by atoms with Crippen LogP contribution in [-0.4, -0.2) is 45.1 Å². The molecule has 1 fully saturated rings. The highest BCUT2D eigenvalue weighted by Crippen LogP contribution is 2.36. The maximum atomic E-state index is 13.8. The summed E-state index contributed by atoms with van der Waals surface area (Å²) in [6.07, 6.45) is 6.45. The molecule has 3 aromatic heterocycles. The summed E-state index contributed by atoms with van der Waals surface area (Å²) in [5.74, 6) is -0.212. The van der Waals surface area contributed by atoms with E-state index in [0.717, 1.165) is 35.9 Å². The Morgan fingerprint density at radius 3 is 2.82 bits per heavy atom. The van der Waals surface area contributed by atoms with Crippen molar-refractivity contribution < 1.29 is 9.59 Å². The third kappa shape index (κ3) is 4.03. The molecule has 0 saturated carbocycles. The summed E-state index contributed by atoms with van der Waals surface area (Å²) in [4.78, 5) is 33.9. The van der Waals surface area contributed by atoms with Crippen LogP contribution in [0.1, 0.15) is 56.6 Å². The fourth-order valence-corrected chi connectivity index (χ4v) is 5.60. The number of nitrogens with one attached hydrogen (secondary N) is 1. The van der Waals surface area contributed by atoms with Gasteiger partial charge >= 0.3 is 0 Å². The number of fused-ring (bicyclic) bond motifs is 1. The Morgan fingerprint density at radius 2 is 2.03 bits per heavy atom. The SMILES string of the molecule is CNC(=O)c1sc2nc([C@@H]3CCCCN3C(=O)c3ccccc3Cn3cccn3)ccc2c1N. The molecule has 0 aliphatic carbocycles. The Balaban J connectivity index is 1.48. The smallest absolute Gasteiger partial charge is 0.263 e. The average Bonchev–Trinajstić information content (AvgIpc) is 3.51. The second-order valence-electron chi connectivity index (χ2n) is 8.38. The summed E-state index contributed by atoms with van der Waals surface area (Å²) in [5, 5.41) is 7.68. The third-order valence-corrected chi connectivity index (χ3v) is 7.41. The van der Waals surface area contributed by atoms with Crippen molar-refractivity contribution in [1.82, 2.24) is 25.0 Å². The number of anilines is 1. The Labute approximate surface area is 201 Å². The van der Waals surface area contributed by atoms with E-state index in [2.05, 4.69) is 10.4 Å². The van der Waals surface area contributed by atoms with Crippen LogP contribution in [0.15, 0.2) is 54.9 Å². The maximum Gasteiger partial charge on any atom is 0.263 e. The molecule has 1 aliphatic rings. The summed E-state index contributed by atoms with van der Waals surface area (Å²) in [7, 11) is 1.58. The van der Waals surface area contributed by atoms with Crippen molar-refractivity contribution in [1.29, 1.82) is 0 Å². The number of pyridine rings is 1. The van der Waals surface area contributed by atoms with E-state index in [4.69, 9.17) is 10.7 Å². The van der Waals surface area contributed by atoms with Crippen molar-refractivity contribution in [3.63, 3.8) is 0 Å². The van der Waals surface area contributed by atoms with Gasteiger partial charge in [-0.2, -0.15) is 5.10 Å². The van der Waals surface area contributed by atoms with Crippen molar-refractivity contribution in [2.24, 2.45) is 0 Å². The van der Waals surface area contributed by atoms with Crippen LogP contribution in [-0.2, 0) is 6.54 Å². The third-order valence-electron chi connectivity index (χ3n) is 6.29. The number of nitrogen functional groups attached to an aromatic ring is 1. The molecule has 5 rings (SSSR count). The molecular formula is C25H26N6O2S. The molecular weight excluding hydrogens is 448 g/mol. The van der Waals surface area contributed by atoms with Gasteiger partial charge in [0.25, 0.3) is 11.8 Å². The highest BCUT2D eigenvalue weighted by Gasteiger charge is 2.31. The van der Waals surface area contributed by atoms with E-state index in [1.54, 1.807) is 13.2 Å². The molecule has 4 aromatic rings. The Kier molecular flexibility index (Phi) is 6.02. The first-order valence-electron chi connectivity index (χ1n) is 11.3. The quantitative estimate of drug-likeness (QED) is 0.457. The van der Waals surface area contributed by atoms with E-state index in [0.29, 0.717) is 34.0 Å². The van der Waals surface area contributed by atoms with E-state index in [-0.39, 0.29) is 17.9 Å². The predicted molar refractivity (Wildman–Crippen MR) is 133 cm³/mol. The van der Waals surface area contributed by atoms with Crippen LogP contribution in [0.4, 0.5) is 5.69 Å². The highest BCUT2D eigenvalue weighted by molar-refractivity contribution is 7.21. The molecule has 8 nitrogen and oxygen atoms in total. The number of benzene rings is 1. The maximum absolute atomic E-state index is 13.8. The second kappa shape index (κ2) is 9.26. The number of thiophene rings is 1. The van der Waals surface area contributed by atoms with Crippen molar-refractivity contribution in [3.8, 4) is 0 Å². The molecule has 174 valence electrons. The number of carbonyl (C=O) groups excluding carboxylic acids is 2. The van der Waals surface area contributed by atoms with E-state index in [1.165, 1.54) is 11.3 Å². The van der Waals surface area contributed by atoms with Crippen molar-refractivity contribution in [3.05, 3.63) is 76.6 Å². The largest absolute Gasteiger partial charge is 0.397 e.